The second-order valence-electron chi connectivity index (χ2n) is 9.37. The monoisotopic (exact) mass is 499 g/mol. The van der Waals surface area contributed by atoms with E-state index in [2.05, 4.69) is 28.1 Å². The highest BCUT2D eigenvalue weighted by Gasteiger charge is 2.31. The van der Waals surface area contributed by atoms with Gasteiger partial charge in [-0.1, -0.05) is 19.1 Å². The number of rotatable bonds is 8. The molecule has 1 aliphatic heterocycles. The summed E-state index contributed by atoms with van der Waals surface area (Å²) in [6.07, 6.45) is 2.86. The fourth-order valence-electron chi connectivity index (χ4n) is 4.99. The number of hydrogen-bond donors (Lipinski definition) is 1. The van der Waals surface area contributed by atoms with Crippen molar-refractivity contribution in [1.82, 2.24) is 4.90 Å². The molecule has 2 aliphatic rings. The topological polar surface area (TPSA) is 71.1 Å². The van der Waals surface area contributed by atoms with E-state index in [1.807, 2.05) is 39.0 Å². The number of anilines is 2. The number of carbonyl (C=O) groups is 2. The maximum Gasteiger partial charge on any atom is 0.341 e. The van der Waals surface area contributed by atoms with Crippen LogP contribution in [0.2, 0.25) is 0 Å². The summed E-state index contributed by atoms with van der Waals surface area (Å²) in [5.74, 6) is 1.08. The van der Waals surface area contributed by atoms with Crippen molar-refractivity contribution in [2.45, 2.75) is 53.0 Å². The lowest BCUT2D eigenvalue weighted by Gasteiger charge is -2.39. The van der Waals surface area contributed by atoms with Crippen LogP contribution in [0.4, 0.5) is 10.7 Å². The maximum absolute atomic E-state index is 13.3. The van der Waals surface area contributed by atoms with Gasteiger partial charge in [-0.05, 0) is 63.6 Å². The highest BCUT2D eigenvalue weighted by Crippen LogP contribution is 2.40. The highest BCUT2D eigenvalue weighted by molar-refractivity contribution is 7.17. The number of carbonyl (C=O) groups excluding carboxylic acids is 2. The molecule has 4 rings (SSSR count). The van der Waals surface area contributed by atoms with Gasteiger partial charge in [0.1, 0.15) is 10.8 Å². The number of hydrogen-bond acceptors (Lipinski definition) is 7. The molecule has 190 valence electrons. The zero-order valence-electron chi connectivity index (χ0n) is 21.3. The molecule has 2 aromatic rings. The number of benzene rings is 1. The van der Waals surface area contributed by atoms with Crippen molar-refractivity contribution in [1.29, 1.82) is 0 Å². The Labute approximate surface area is 212 Å². The number of amides is 1. The third-order valence-electron chi connectivity index (χ3n) is 6.98. The quantitative estimate of drug-likeness (QED) is 0.536. The smallest absolute Gasteiger partial charge is 0.341 e. The van der Waals surface area contributed by atoms with E-state index in [1.165, 1.54) is 4.88 Å². The fourth-order valence-corrected chi connectivity index (χ4v) is 6.39. The van der Waals surface area contributed by atoms with Crippen LogP contribution >= 0.6 is 11.3 Å². The van der Waals surface area contributed by atoms with Gasteiger partial charge in [-0.2, -0.15) is 0 Å². The molecule has 0 spiro atoms. The lowest BCUT2D eigenvalue weighted by Crippen LogP contribution is -2.52. The molecule has 7 nitrogen and oxygen atoms in total. The maximum atomic E-state index is 13.3. The molecule has 2 unspecified atom stereocenters. The number of ether oxygens (including phenoxy) is 2. The summed E-state index contributed by atoms with van der Waals surface area (Å²) in [5, 5.41) is 3.73. The average molecular weight is 500 g/mol. The van der Waals surface area contributed by atoms with Crippen LogP contribution in [0.3, 0.4) is 0 Å². The molecule has 35 heavy (non-hydrogen) atoms. The van der Waals surface area contributed by atoms with Crippen molar-refractivity contribution in [3.8, 4) is 5.75 Å². The summed E-state index contributed by atoms with van der Waals surface area (Å²) < 4.78 is 11.2. The fraction of sp³-hybridized carbons (Fsp3) is 0.556. The Kier molecular flexibility index (Phi) is 8.34. The van der Waals surface area contributed by atoms with Crippen molar-refractivity contribution in [2.24, 2.45) is 5.92 Å². The van der Waals surface area contributed by atoms with Crippen LogP contribution in [-0.2, 0) is 22.4 Å². The zero-order chi connectivity index (χ0) is 24.9. The van der Waals surface area contributed by atoms with E-state index in [0.29, 0.717) is 29.7 Å². The molecule has 2 atom stereocenters. The zero-order valence-corrected chi connectivity index (χ0v) is 22.1. The predicted octanol–water partition coefficient (Wildman–Crippen LogP) is 4.60. The third kappa shape index (κ3) is 5.64. The minimum atomic E-state index is -0.330. The normalized spacial score (nSPS) is 19.1. The van der Waals surface area contributed by atoms with E-state index < -0.39 is 0 Å². The molecule has 2 heterocycles. The first kappa shape index (κ1) is 25.5. The van der Waals surface area contributed by atoms with Crippen LogP contribution in [0.1, 0.15) is 54.9 Å². The number of piperazine rings is 1. The Morgan fingerprint density at radius 1 is 1.14 bits per heavy atom. The first-order chi connectivity index (χ1) is 16.9. The Balaban J connectivity index is 1.43. The van der Waals surface area contributed by atoms with Crippen LogP contribution in [0.25, 0.3) is 0 Å². The number of esters is 1. The molecule has 0 saturated carbocycles. The van der Waals surface area contributed by atoms with E-state index in [1.54, 1.807) is 11.3 Å². The summed E-state index contributed by atoms with van der Waals surface area (Å²) in [5.41, 5.74) is 2.73. The van der Waals surface area contributed by atoms with Crippen molar-refractivity contribution < 1.29 is 19.1 Å². The lowest BCUT2D eigenvalue weighted by molar-refractivity contribution is -0.120. The van der Waals surface area contributed by atoms with Gasteiger partial charge in [0.05, 0.1) is 30.5 Å². The average Bonchev–Trinajstić information content (AvgIpc) is 3.21. The van der Waals surface area contributed by atoms with E-state index in [-0.39, 0.29) is 17.9 Å². The molecular weight excluding hydrogens is 462 g/mol. The predicted molar refractivity (Wildman–Crippen MR) is 141 cm³/mol. The molecule has 1 saturated heterocycles. The standard InChI is InChI=1S/C27H37N3O4S/c1-5-33-22-10-8-7-9-21(22)30-15-13-29(14-16-30)19(4)25(31)28-26-24(27(32)34-6-2)20-12-11-18(3)17-23(20)35-26/h7-10,18-19H,5-6,11-17H2,1-4H3,(H,28,31). The molecule has 8 heteroatoms. The summed E-state index contributed by atoms with van der Waals surface area (Å²) >= 11 is 1.54. The van der Waals surface area contributed by atoms with Crippen LogP contribution in [-0.4, -0.2) is 62.2 Å². The van der Waals surface area contributed by atoms with Gasteiger partial charge in [-0.15, -0.1) is 11.3 Å². The second-order valence-corrected chi connectivity index (χ2v) is 10.5. The van der Waals surface area contributed by atoms with Crippen molar-refractivity contribution >= 4 is 33.9 Å². The number of thiophene rings is 1. The molecule has 1 fully saturated rings. The van der Waals surface area contributed by atoms with Crippen LogP contribution in [0, 0.1) is 5.92 Å². The van der Waals surface area contributed by atoms with Gasteiger partial charge in [-0.3, -0.25) is 9.69 Å². The largest absolute Gasteiger partial charge is 0.492 e. The van der Waals surface area contributed by atoms with Gasteiger partial charge in [0, 0.05) is 31.1 Å². The van der Waals surface area contributed by atoms with Crippen LogP contribution in [0.15, 0.2) is 24.3 Å². The van der Waals surface area contributed by atoms with Gasteiger partial charge in [0.25, 0.3) is 0 Å². The summed E-state index contributed by atoms with van der Waals surface area (Å²) in [6, 6.07) is 7.82. The molecule has 1 N–H and O–H groups in total. The van der Waals surface area contributed by atoms with Gasteiger partial charge in [0.2, 0.25) is 5.91 Å². The van der Waals surface area contributed by atoms with E-state index in [4.69, 9.17) is 9.47 Å². The second kappa shape index (κ2) is 11.4. The van der Waals surface area contributed by atoms with Gasteiger partial charge in [0.15, 0.2) is 0 Å². The minimum Gasteiger partial charge on any atom is -0.492 e. The molecule has 1 aromatic carbocycles. The number of nitrogens with one attached hydrogen (secondary N) is 1. The van der Waals surface area contributed by atoms with E-state index in [9.17, 15) is 9.59 Å². The van der Waals surface area contributed by atoms with E-state index in [0.717, 1.165) is 62.4 Å². The molecule has 1 aromatic heterocycles. The summed E-state index contributed by atoms with van der Waals surface area (Å²) in [7, 11) is 0. The number of para-hydroxylation sites is 2. The SMILES string of the molecule is CCOC(=O)c1c(NC(=O)C(C)N2CCN(c3ccccc3OCC)CC2)sc2c1CCC(C)C2. The Bertz CT molecular complexity index is 1050. The van der Waals surface area contributed by atoms with Crippen molar-refractivity contribution in [2.75, 3.05) is 49.6 Å². The molecular formula is C27H37N3O4S. The summed E-state index contributed by atoms with van der Waals surface area (Å²) in [6.45, 7) is 12.1. The first-order valence-corrected chi connectivity index (χ1v) is 13.6. The van der Waals surface area contributed by atoms with E-state index >= 15 is 0 Å². The molecule has 0 bridgehead atoms. The van der Waals surface area contributed by atoms with Crippen molar-refractivity contribution in [3.05, 3.63) is 40.3 Å². The molecule has 1 aliphatic carbocycles. The number of fused-ring (bicyclic) bond motifs is 1. The van der Waals surface area contributed by atoms with Gasteiger partial charge >= 0.3 is 5.97 Å². The van der Waals surface area contributed by atoms with Gasteiger partial charge < -0.3 is 19.7 Å². The molecule has 0 radical (unpaired) electrons. The Morgan fingerprint density at radius 3 is 2.60 bits per heavy atom. The minimum absolute atomic E-state index is 0.0784. The highest BCUT2D eigenvalue weighted by atomic mass is 32.1. The number of nitrogens with zero attached hydrogens (tertiary/aromatic N) is 2. The lowest BCUT2D eigenvalue weighted by atomic mass is 9.88. The Morgan fingerprint density at radius 2 is 1.89 bits per heavy atom. The van der Waals surface area contributed by atoms with Gasteiger partial charge in [-0.25, -0.2) is 4.79 Å². The summed E-state index contributed by atoms with van der Waals surface area (Å²) in [4.78, 5) is 31.8. The van der Waals surface area contributed by atoms with Crippen LogP contribution < -0.4 is 15.0 Å². The van der Waals surface area contributed by atoms with Crippen LogP contribution in [0.5, 0.6) is 5.75 Å². The first-order valence-electron chi connectivity index (χ1n) is 12.8. The third-order valence-corrected chi connectivity index (χ3v) is 8.14. The Hall–Kier alpha value is -2.58. The van der Waals surface area contributed by atoms with Crippen molar-refractivity contribution in [3.63, 3.8) is 0 Å². The molecule has 1 amide bonds.